The summed E-state index contributed by atoms with van der Waals surface area (Å²) in [6.45, 7) is 11.3. The lowest BCUT2D eigenvalue weighted by molar-refractivity contribution is 0.487. The van der Waals surface area contributed by atoms with Gasteiger partial charge < -0.3 is 10.2 Å². The molecule has 2 rings (SSSR count). The maximum atomic E-state index is 4.78. The van der Waals surface area contributed by atoms with E-state index in [1.54, 1.807) is 11.3 Å². The van der Waals surface area contributed by atoms with Crippen LogP contribution in [0.25, 0.3) is 0 Å². The number of aromatic nitrogens is 1. The third-order valence-electron chi connectivity index (χ3n) is 3.88. The second-order valence-corrected chi connectivity index (χ2v) is 9.09. The SMILES string of the molecule is CCNC(=NCCc1nc(C(C)(C)C)cs1)N(C)CCc1cccs1. The Morgan fingerprint density at radius 1 is 1.28 bits per heavy atom. The molecule has 0 spiro atoms. The minimum absolute atomic E-state index is 0.120. The highest BCUT2D eigenvalue weighted by atomic mass is 32.1. The first-order valence-corrected chi connectivity index (χ1v) is 10.6. The Morgan fingerprint density at radius 2 is 2.08 bits per heavy atom. The molecule has 0 saturated carbocycles. The molecule has 0 aliphatic rings. The van der Waals surface area contributed by atoms with Gasteiger partial charge in [-0.05, 0) is 24.8 Å². The van der Waals surface area contributed by atoms with Gasteiger partial charge in [-0.15, -0.1) is 22.7 Å². The Balaban J connectivity index is 1.88. The van der Waals surface area contributed by atoms with E-state index >= 15 is 0 Å². The molecule has 25 heavy (non-hydrogen) atoms. The number of hydrogen-bond donors (Lipinski definition) is 1. The number of thiazole rings is 1. The molecule has 0 aromatic carbocycles. The normalized spacial score (nSPS) is 12.4. The fourth-order valence-corrected chi connectivity index (χ4v) is 4.05. The number of nitrogens with zero attached hydrogens (tertiary/aromatic N) is 3. The smallest absolute Gasteiger partial charge is 0.193 e. The number of guanidine groups is 1. The Morgan fingerprint density at radius 3 is 2.68 bits per heavy atom. The molecule has 2 aromatic rings. The topological polar surface area (TPSA) is 40.5 Å². The summed E-state index contributed by atoms with van der Waals surface area (Å²) in [5.41, 5.74) is 1.30. The highest BCUT2D eigenvalue weighted by Crippen LogP contribution is 2.24. The van der Waals surface area contributed by atoms with Gasteiger partial charge >= 0.3 is 0 Å². The van der Waals surface area contributed by atoms with Crippen LogP contribution in [0.15, 0.2) is 27.9 Å². The molecule has 1 N–H and O–H groups in total. The van der Waals surface area contributed by atoms with Crippen LogP contribution in [0.1, 0.15) is 43.3 Å². The van der Waals surface area contributed by atoms with E-state index in [2.05, 4.69) is 67.9 Å². The molecule has 0 atom stereocenters. The lowest BCUT2D eigenvalue weighted by atomic mass is 9.93. The van der Waals surface area contributed by atoms with Crippen molar-refractivity contribution in [2.24, 2.45) is 4.99 Å². The summed E-state index contributed by atoms with van der Waals surface area (Å²) in [6, 6.07) is 4.30. The summed E-state index contributed by atoms with van der Waals surface area (Å²) in [6.07, 6.45) is 1.95. The molecule has 0 amide bonds. The van der Waals surface area contributed by atoms with Crippen LogP contribution in [0, 0.1) is 0 Å². The fraction of sp³-hybridized carbons (Fsp3) is 0.579. The van der Waals surface area contributed by atoms with E-state index in [0.717, 1.165) is 38.4 Å². The van der Waals surface area contributed by atoms with E-state index < -0.39 is 0 Å². The van der Waals surface area contributed by atoms with Crippen LogP contribution >= 0.6 is 22.7 Å². The predicted octanol–water partition coefficient (Wildman–Crippen LogP) is 4.18. The average Bonchev–Trinajstić information content (AvgIpc) is 3.23. The van der Waals surface area contributed by atoms with Crippen molar-refractivity contribution >= 4 is 28.6 Å². The number of hydrogen-bond acceptors (Lipinski definition) is 4. The molecule has 0 aliphatic carbocycles. The Bertz CT molecular complexity index is 653. The van der Waals surface area contributed by atoms with Gasteiger partial charge in [-0.25, -0.2) is 4.98 Å². The van der Waals surface area contributed by atoms with Crippen LogP contribution in [0.5, 0.6) is 0 Å². The molecule has 138 valence electrons. The molecule has 0 saturated heterocycles. The van der Waals surface area contributed by atoms with Crippen molar-refractivity contribution in [3.8, 4) is 0 Å². The summed E-state index contributed by atoms with van der Waals surface area (Å²) < 4.78 is 0. The zero-order valence-corrected chi connectivity index (χ0v) is 17.6. The molecule has 4 nitrogen and oxygen atoms in total. The number of rotatable bonds is 7. The summed E-state index contributed by atoms with van der Waals surface area (Å²) in [4.78, 5) is 13.2. The van der Waals surface area contributed by atoms with E-state index in [9.17, 15) is 0 Å². The van der Waals surface area contributed by atoms with Crippen molar-refractivity contribution in [2.45, 2.75) is 46.0 Å². The maximum Gasteiger partial charge on any atom is 0.193 e. The van der Waals surface area contributed by atoms with Crippen molar-refractivity contribution in [1.82, 2.24) is 15.2 Å². The summed E-state index contributed by atoms with van der Waals surface area (Å²) in [5, 5.41) is 8.87. The molecular formula is C19H30N4S2. The number of thiophene rings is 1. The van der Waals surface area contributed by atoms with Gasteiger partial charge in [0, 0.05) is 48.8 Å². The standard InChI is InChI=1S/C19H30N4S2/c1-6-20-18(23(5)12-10-15-8-7-13-24-15)21-11-9-17-22-16(14-25-17)19(2,3)4/h7-8,13-14H,6,9-12H2,1-5H3,(H,20,21). The monoisotopic (exact) mass is 378 g/mol. The van der Waals surface area contributed by atoms with Crippen molar-refractivity contribution in [3.63, 3.8) is 0 Å². The van der Waals surface area contributed by atoms with Gasteiger partial charge in [0.15, 0.2) is 5.96 Å². The average molecular weight is 379 g/mol. The van der Waals surface area contributed by atoms with E-state index in [-0.39, 0.29) is 5.41 Å². The number of aliphatic imine (C=N–C) groups is 1. The fourth-order valence-electron chi connectivity index (χ4n) is 2.34. The van der Waals surface area contributed by atoms with E-state index in [0.29, 0.717) is 0 Å². The summed E-state index contributed by atoms with van der Waals surface area (Å²) in [5.74, 6) is 0.978. The largest absolute Gasteiger partial charge is 0.357 e. The quantitative estimate of drug-likeness (QED) is 0.580. The Kier molecular flexibility index (Phi) is 7.44. The second kappa shape index (κ2) is 9.34. The molecule has 0 aliphatic heterocycles. The van der Waals surface area contributed by atoms with E-state index in [4.69, 9.17) is 9.98 Å². The van der Waals surface area contributed by atoms with Crippen molar-refractivity contribution in [3.05, 3.63) is 38.5 Å². The third-order valence-corrected chi connectivity index (χ3v) is 5.72. The van der Waals surface area contributed by atoms with Crippen LogP contribution < -0.4 is 5.32 Å². The van der Waals surface area contributed by atoms with Crippen LogP contribution in [0.2, 0.25) is 0 Å². The molecule has 2 heterocycles. The number of nitrogens with one attached hydrogen (secondary N) is 1. The maximum absolute atomic E-state index is 4.78. The van der Waals surface area contributed by atoms with Crippen molar-refractivity contribution in [2.75, 3.05) is 26.7 Å². The molecular weight excluding hydrogens is 348 g/mol. The molecule has 6 heteroatoms. The van der Waals surface area contributed by atoms with Gasteiger partial charge in [0.2, 0.25) is 0 Å². The van der Waals surface area contributed by atoms with Crippen LogP contribution in [-0.4, -0.2) is 42.5 Å². The summed E-state index contributed by atoms with van der Waals surface area (Å²) >= 11 is 3.56. The Hall–Kier alpha value is -1.40. The van der Waals surface area contributed by atoms with Crippen LogP contribution in [0.4, 0.5) is 0 Å². The van der Waals surface area contributed by atoms with E-state index in [1.165, 1.54) is 15.6 Å². The molecule has 0 bridgehead atoms. The summed E-state index contributed by atoms with van der Waals surface area (Å²) in [7, 11) is 2.11. The predicted molar refractivity (Wildman–Crippen MR) is 111 cm³/mol. The van der Waals surface area contributed by atoms with Gasteiger partial charge in [-0.3, -0.25) is 4.99 Å². The minimum Gasteiger partial charge on any atom is -0.357 e. The molecule has 0 fully saturated rings. The molecule has 0 radical (unpaired) electrons. The van der Waals surface area contributed by atoms with Gasteiger partial charge in [0.1, 0.15) is 0 Å². The highest BCUT2D eigenvalue weighted by Gasteiger charge is 2.17. The van der Waals surface area contributed by atoms with Gasteiger partial charge in [0.05, 0.1) is 10.7 Å². The third kappa shape index (κ3) is 6.44. The second-order valence-electron chi connectivity index (χ2n) is 7.11. The minimum atomic E-state index is 0.120. The van der Waals surface area contributed by atoms with Gasteiger partial charge in [-0.1, -0.05) is 26.8 Å². The zero-order chi connectivity index (χ0) is 18.3. The zero-order valence-electron chi connectivity index (χ0n) is 16.0. The lowest BCUT2D eigenvalue weighted by Crippen LogP contribution is -2.40. The van der Waals surface area contributed by atoms with Crippen LogP contribution in [-0.2, 0) is 18.3 Å². The van der Waals surface area contributed by atoms with Crippen molar-refractivity contribution < 1.29 is 0 Å². The van der Waals surface area contributed by atoms with Gasteiger partial charge in [-0.2, -0.15) is 0 Å². The highest BCUT2D eigenvalue weighted by molar-refractivity contribution is 7.10. The van der Waals surface area contributed by atoms with E-state index in [1.807, 2.05) is 11.3 Å². The Labute approximate surface area is 160 Å². The lowest BCUT2D eigenvalue weighted by Gasteiger charge is -2.21. The first kappa shape index (κ1) is 19.9. The van der Waals surface area contributed by atoms with Crippen molar-refractivity contribution in [1.29, 1.82) is 0 Å². The first-order chi connectivity index (χ1) is 11.9. The molecule has 2 aromatic heterocycles. The number of likely N-dealkylation sites (N-methyl/N-ethyl adjacent to an activating group) is 1. The van der Waals surface area contributed by atoms with Gasteiger partial charge in [0.25, 0.3) is 0 Å². The van der Waals surface area contributed by atoms with Crippen LogP contribution in [0.3, 0.4) is 0 Å². The first-order valence-electron chi connectivity index (χ1n) is 8.87. The molecule has 0 unspecified atom stereocenters.